The summed E-state index contributed by atoms with van der Waals surface area (Å²) in [5, 5.41) is 0. The number of rotatable bonds is 5. The van der Waals surface area contributed by atoms with E-state index in [1.165, 1.54) is 25.3 Å². The van der Waals surface area contributed by atoms with Gasteiger partial charge in [0.25, 0.3) is 0 Å². The minimum atomic E-state index is 0.529. The zero-order valence-electron chi connectivity index (χ0n) is 6.76. The first-order valence-electron chi connectivity index (χ1n) is 3.85. The van der Waals surface area contributed by atoms with E-state index in [9.17, 15) is 4.79 Å². The third-order valence-corrected chi connectivity index (χ3v) is 1.51. The third kappa shape index (κ3) is 5.54. The van der Waals surface area contributed by atoms with E-state index in [2.05, 4.69) is 13.8 Å². The highest BCUT2D eigenvalue weighted by Gasteiger charge is 1.93. The van der Waals surface area contributed by atoms with E-state index in [0.29, 0.717) is 5.92 Å². The summed E-state index contributed by atoms with van der Waals surface area (Å²) in [6, 6.07) is 0. The van der Waals surface area contributed by atoms with Crippen molar-refractivity contribution in [3.8, 4) is 0 Å². The van der Waals surface area contributed by atoms with Crippen LogP contribution in [0.25, 0.3) is 0 Å². The predicted molar refractivity (Wildman–Crippen MR) is 43.5 cm³/mol. The predicted octanol–water partition coefficient (Wildman–Crippen LogP) is 2.48. The first-order chi connectivity index (χ1) is 4.81. The second-order valence-corrected chi connectivity index (χ2v) is 2.60. The lowest BCUT2D eigenvalue weighted by molar-refractivity contribution is 0.562. The van der Waals surface area contributed by atoms with Crippen LogP contribution in [-0.4, -0.2) is 6.29 Å². The van der Waals surface area contributed by atoms with Crippen LogP contribution in [0.5, 0.6) is 0 Å². The summed E-state index contributed by atoms with van der Waals surface area (Å²) >= 11 is 0. The van der Waals surface area contributed by atoms with E-state index in [0.717, 1.165) is 0 Å². The maximum absolute atomic E-state index is 9.77. The Labute approximate surface area is 63.1 Å². The van der Waals surface area contributed by atoms with Crippen molar-refractivity contribution in [2.75, 3.05) is 0 Å². The molecule has 10 heavy (non-hydrogen) atoms. The Hall–Kier alpha value is -0.590. The molecule has 0 aromatic heterocycles. The molecule has 1 nitrogen and oxygen atoms in total. The third-order valence-electron chi connectivity index (χ3n) is 1.51. The zero-order valence-corrected chi connectivity index (χ0v) is 6.76. The second kappa shape index (κ2) is 6.53. The van der Waals surface area contributed by atoms with Gasteiger partial charge in [0.2, 0.25) is 6.29 Å². The van der Waals surface area contributed by atoms with Gasteiger partial charge in [-0.05, 0) is 18.4 Å². The molecule has 0 fully saturated rings. The van der Waals surface area contributed by atoms with Gasteiger partial charge in [0.1, 0.15) is 0 Å². The molecule has 0 rings (SSSR count). The van der Waals surface area contributed by atoms with Crippen molar-refractivity contribution in [2.24, 2.45) is 5.92 Å². The number of hydrogen-bond acceptors (Lipinski definition) is 1. The number of hydrogen-bond donors (Lipinski definition) is 0. The SMILES string of the molecule is CCCCC(C)C=C[C]=O. The van der Waals surface area contributed by atoms with Gasteiger partial charge in [-0.1, -0.05) is 32.8 Å². The molecule has 1 atom stereocenters. The van der Waals surface area contributed by atoms with Gasteiger partial charge in [-0.2, -0.15) is 0 Å². The molecular weight excluding hydrogens is 124 g/mol. The Morgan fingerprint density at radius 2 is 2.30 bits per heavy atom. The molecule has 0 aliphatic carbocycles. The lowest BCUT2D eigenvalue weighted by atomic mass is 10.0. The van der Waals surface area contributed by atoms with Crippen molar-refractivity contribution < 1.29 is 4.79 Å². The zero-order chi connectivity index (χ0) is 7.82. The molecule has 0 N–H and O–H groups in total. The van der Waals surface area contributed by atoms with Gasteiger partial charge in [0.15, 0.2) is 0 Å². The fourth-order valence-electron chi connectivity index (χ4n) is 0.826. The molecule has 0 saturated carbocycles. The van der Waals surface area contributed by atoms with Crippen molar-refractivity contribution in [3.05, 3.63) is 12.2 Å². The Balaban J connectivity index is 3.32. The van der Waals surface area contributed by atoms with Gasteiger partial charge in [0.05, 0.1) is 0 Å². The van der Waals surface area contributed by atoms with Crippen LogP contribution in [0, 0.1) is 5.92 Å². The van der Waals surface area contributed by atoms with E-state index in [1.54, 1.807) is 6.29 Å². The Morgan fingerprint density at radius 1 is 1.60 bits per heavy atom. The summed E-state index contributed by atoms with van der Waals surface area (Å²) in [6.45, 7) is 4.28. The smallest absolute Gasteiger partial charge is 0.225 e. The van der Waals surface area contributed by atoms with Crippen LogP contribution in [0.3, 0.4) is 0 Å². The van der Waals surface area contributed by atoms with E-state index in [1.807, 2.05) is 6.08 Å². The fourth-order valence-corrected chi connectivity index (χ4v) is 0.826. The minimum Gasteiger partial charge on any atom is -0.286 e. The minimum absolute atomic E-state index is 0.529. The summed E-state index contributed by atoms with van der Waals surface area (Å²) in [4.78, 5) is 9.77. The van der Waals surface area contributed by atoms with E-state index < -0.39 is 0 Å². The molecule has 0 aromatic carbocycles. The maximum atomic E-state index is 9.77. The summed E-state index contributed by atoms with van der Waals surface area (Å²) < 4.78 is 0. The average Bonchev–Trinajstić information content (AvgIpc) is 1.97. The van der Waals surface area contributed by atoms with Crippen LogP contribution in [0.4, 0.5) is 0 Å². The molecule has 0 aromatic rings. The Kier molecular flexibility index (Phi) is 6.14. The largest absolute Gasteiger partial charge is 0.286 e. The quantitative estimate of drug-likeness (QED) is 0.535. The van der Waals surface area contributed by atoms with Crippen molar-refractivity contribution in [1.82, 2.24) is 0 Å². The molecule has 0 spiro atoms. The highest BCUT2D eigenvalue weighted by molar-refractivity contribution is 5.65. The number of unbranched alkanes of at least 4 members (excludes halogenated alkanes) is 1. The van der Waals surface area contributed by atoms with Crippen molar-refractivity contribution >= 4 is 6.29 Å². The molecule has 0 amide bonds. The highest BCUT2D eigenvalue weighted by Crippen LogP contribution is 2.07. The summed E-state index contributed by atoms with van der Waals surface area (Å²) in [5.74, 6) is 0.529. The van der Waals surface area contributed by atoms with Gasteiger partial charge >= 0.3 is 0 Å². The molecule has 0 bridgehead atoms. The van der Waals surface area contributed by atoms with E-state index in [-0.39, 0.29) is 0 Å². The highest BCUT2D eigenvalue weighted by atomic mass is 16.1. The molecule has 1 radical (unpaired) electrons. The van der Waals surface area contributed by atoms with Gasteiger partial charge in [-0.15, -0.1) is 0 Å². The van der Waals surface area contributed by atoms with Crippen LogP contribution >= 0.6 is 0 Å². The second-order valence-electron chi connectivity index (χ2n) is 2.60. The monoisotopic (exact) mass is 139 g/mol. The first-order valence-corrected chi connectivity index (χ1v) is 3.85. The standard InChI is InChI=1S/C9H15O/c1-3-4-6-9(2)7-5-8-10/h5,7,9H,3-4,6H2,1-2H3. The van der Waals surface area contributed by atoms with Gasteiger partial charge < -0.3 is 0 Å². The number of carbonyl (C=O) groups excluding carboxylic acids is 1. The molecular formula is C9H15O. The summed E-state index contributed by atoms with van der Waals surface area (Å²) in [5.41, 5.74) is 0. The molecule has 1 heteroatoms. The Morgan fingerprint density at radius 3 is 2.80 bits per heavy atom. The molecule has 0 aliphatic heterocycles. The van der Waals surface area contributed by atoms with Crippen LogP contribution in [0.15, 0.2) is 12.2 Å². The average molecular weight is 139 g/mol. The summed E-state index contributed by atoms with van der Waals surface area (Å²) in [7, 11) is 0. The van der Waals surface area contributed by atoms with Crippen LogP contribution in [0.1, 0.15) is 33.1 Å². The van der Waals surface area contributed by atoms with E-state index >= 15 is 0 Å². The Bertz CT molecular complexity index is 105. The van der Waals surface area contributed by atoms with E-state index in [4.69, 9.17) is 0 Å². The lowest BCUT2D eigenvalue weighted by Crippen LogP contribution is -1.88. The van der Waals surface area contributed by atoms with Crippen LogP contribution in [-0.2, 0) is 4.79 Å². The van der Waals surface area contributed by atoms with Gasteiger partial charge in [-0.3, -0.25) is 4.79 Å². The number of allylic oxidation sites excluding steroid dienone is 2. The van der Waals surface area contributed by atoms with Crippen molar-refractivity contribution in [1.29, 1.82) is 0 Å². The van der Waals surface area contributed by atoms with Gasteiger partial charge in [-0.25, -0.2) is 0 Å². The summed E-state index contributed by atoms with van der Waals surface area (Å²) in [6.07, 6.45) is 8.75. The molecule has 0 heterocycles. The normalized spacial score (nSPS) is 13.8. The molecule has 0 saturated heterocycles. The lowest BCUT2D eigenvalue weighted by Gasteiger charge is -2.01. The van der Waals surface area contributed by atoms with Crippen molar-refractivity contribution in [2.45, 2.75) is 33.1 Å². The molecule has 57 valence electrons. The maximum Gasteiger partial charge on any atom is 0.225 e. The topological polar surface area (TPSA) is 17.1 Å². The first kappa shape index (κ1) is 9.41. The van der Waals surface area contributed by atoms with Crippen molar-refractivity contribution in [3.63, 3.8) is 0 Å². The fraction of sp³-hybridized carbons (Fsp3) is 0.667. The van der Waals surface area contributed by atoms with Gasteiger partial charge in [0, 0.05) is 0 Å². The molecule has 1 unspecified atom stereocenters. The molecule has 0 aliphatic rings. The van der Waals surface area contributed by atoms with Crippen LogP contribution in [0.2, 0.25) is 0 Å². The van der Waals surface area contributed by atoms with Crippen LogP contribution < -0.4 is 0 Å².